The van der Waals surface area contributed by atoms with E-state index >= 15 is 0 Å². The minimum Gasteiger partial charge on any atom is -0.428 e. The molecule has 3 heterocycles. The highest BCUT2D eigenvalue weighted by Crippen LogP contribution is 2.42. The van der Waals surface area contributed by atoms with Gasteiger partial charge in [-0.1, -0.05) is 0 Å². The molecule has 0 atom stereocenters. The van der Waals surface area contributed by atoms with Crippen molar-refractivity contribution in [1.82, 2.24) is 10.0 Å². The van der Waals surface area contributed by atoms with Gasteiger partial charge >= 0.3 is 0 Å². The summed E-state index contributed by atoms with van der Waals surface area (Å²) in [6.45, 7) is 0. The molecule has 2 N–H and O–H groups in total. The molecular weight excluding hydrogens is 436 g/mol. The third-order valence-corrected chi connectivity index (χ3v) is 5.98. The molecule has 0 spiro atoms. The zero-order valence-electron chi connectivity index (χ0n) is 10.7. The first-order valence-electron chi connectivity index (χ1n) is 6.16. The molecule has 1 aromatic carbocycles. The standard InChI is InChI=1S/C14H6Br2N2O3S/c15-10-2-1-9(22-10)12-11(16)7-3-5-6(4-8(7)18(12)21)14(20)17-13(5)19/h1-4,21H,(H,17,19,20). The average molecular weight is 442 g/mol. The average Bonchev–Trinajstić information content (AvgIpc) is 3.09. The van der Waals surface area contributed by atoms with E-state index in [9.17, 15) is 14.8 Å². The topological polar surface area (TPSA) is 71.3 Å². The van der Waals surface area contributed by atoms with E-state index in [1.165, 1.54) is 17.4 Å². The van der Waals surface area contributed by atoms with E-state index in [0.717, 1.165) is 13.4 Å². The number of benzene rings is 1. The second-order valence-electron chi connectivity index (χ2n) is 4.78. The van der Waals surface area contributed by atoms with Crippen LogP contribution in [0.4, 0.5) is 0 Å². The number of carbonyl (C=O) groups is 2. The van der Waals surface area contributed by atoms with Crippen molar-refractivity contribution in [2.75, 3.05) is 0 Å². The number of nitrogens with zero attached hydrogens (tertiary/aromatic N) is 1. The number of carbonyl (C=O) groups excluding carboxylic acids is 2. The van der Waals surface area contributed by atoms with Crippen molar-refractivity contribution in [1.29, 1.82) is 0 Å². The maximum absolute atomic E-state index is 11.8. The van der Waals surface area contributed by atoms with Crippen molar-refractivity contribution in [3.63, 3.8) is 0 Å². The van der Waals surface area contributed by atoms with E-state index in [2.05, 4.69) is 37.2 Å². The molecule has 0 saturated carbocycles. The Hall–Kier alpha value is -1.64. The van der Waals surface area contributed by atoms with Gasteiger partial charge in [-0.15, -0.1) is 11.3 Å². The second-order valence-corrected chi connectivity index (χ2v) is 8.03. The van der Waals surface area contributed by atoms with Crippen LogP contribution < -0.4 is 5.32 Å². The number of hydrogen-bond acceptors (Lipinski definition) is 4. The van der Waals surface area contributed by atoms with Crippen LogP contribution in [0.3, 0.4) is 0 Å². The van der Waals surface area contributed by atoms with Gasteiger partial charge in [0.1, 0.15) is 5.69 Å². The molecule has 1 aliphatic heterocycles. The third-order valence-electron chi connectivity index (χ3n) is 3.54. The lowest BCUT2D eigenvalue weighted by molar-refractivity contribution is 0.0879. The fourth-order valence-electron chi connectivity index (χ4n) is 2.55. The number of nitrogens with one attached hydrogen (secondary N) is 1. The molecule has 2 amide bonds. The van der Waals surface area contributed by atoms with E-state index in [0.29, 0.717) is 26.6 Å². The summed E-state index contributed by atoms with van der Waals surface area (Å²) in [6, 6.07) is 6.92. The zero-order chi connectivity index (χ0) is 15.6. The molecule has 110 valence electrons. The maximum Gasteiger partial charge on any atom is 0.259 e. The Kier molecular flexibility index (Phi) is 2.97. The molecule has 0 radical (unpaired) electrons. The second kappa shape index (κ2) is 4.68. The molecule has 5 nitrogen and oxygen atoms in total. The third kappa shape index (κ3) is 1.81. The molecule has 4 rings (SSSR count). The number of imide groups is 1. The lowest BCUT2D eigenvalue weighted by Gasteiger charge is -2.01. The number of amides is 2. The summed E-state index contributed by atoms with van der Waals surface area (Å²) in [7, 11) is 0. The van der Waals surface area contributed by atoms with Gasteiger partial charge in [-0.25, -0.2) is 0 Å². The fraction of sp³-hybridized carbons (Fsp3) is 0. The quantitative estimate of drug-likeness (QED) is 0.442. The van der Waals surface area contributed by atoms with E-state index in [4.69, 9.17) is 0 Å². The van der Waals surface area contributed by atoms with Crippen molar-refractivity contribution in [2.45, 2.75) is 0 Å². The molecule has 0 unspecified atom stereocenters. The number of aromatic nitrogens is 1. The van der Waals surface area contributed by atoms with Crippen molar-refractivity contribution >= 4 is 65.9 Å². The Bertz CT molecular complexity index is 933. The Morgan fingerprint density at radius 1 is 1.09 bits per heavy atom. The van der Waals surface area contributed by atoms with Crippen LogP contribution in [-0.2, 0) is 0 Å². The van der Waals surface area contributed by atoms with Gasteiger partial charge in [0.2, 0.25) is 0 Å². The van der Waals surface area contributed by atoms with Gasteiger partial charge in [0.25, 0.3) is 11.8 Å². The number of hydrogen-bond donors (Lipinski definition) is 2. The highest BCUT2D eigenvalue weighted by Gasteiger charge is 2.29. The molecule has 0 aliphatic carbocycles. The van der Waals surface area contributed by atoms with E-state index in [1.54, 1.807) is 6.07 Å². The summed E-state index contributed by atoms with van der Waals surface area (Å²) in [5, 5.41) is 13.4. The van der Waals surface area contributed by atoms with Crippen LogP contribution in [0, 0.1) is 0 Å². The van der Waals surface area contributed by atoms with Crippen LogP contribution in [0.1, 0.15) is 20.7 Å². The highest BCUT2D eigenvalue weighted by atomic mass is 79.9. The van der Waals surface area contributed by atoms with E-state index in [1.807, 2.05) is 12.1 Å². The SMILES string of the molecule is O=C1NC(=O)c2cc3c(cc21)c(Br)c(-c1ccc(Br)s1)n3O. The Labute approximate surface area is 144 Å². The molecule has 0 bridgehead atoms. The first-order chi connectivity index (χ1) is 10.5. The van der Waals surface area contributed by atoms with Crippen LogP contribution in [-0.4, -0.2) is 21.8 Å². The van der Waals surface area contributed by atoms with Crippen LogP contribution >= 0.6 is 43.2 Å². The summed E-state index contributed by atoms with van der Waals surface area (Å²) in [5.41, 5.74) is 1.65. The van der Waals surface area contributed by atoms with Gasteiger partial charge in [0, 0.05) is 5.39 Å². The Morgan fingerprint density at radius 2 is 1.77 bits per heavy atom. The van der Waals surface area contributed by atoms with Crippen LogP contribution in [0.15, 0.2) is 32.5 Å². The molecule has 0 fully saturated rings. The van der Waals surface area contributed by atoms with Gasteiger partial charge in [-0.05, 0) is 56.1 Å². The predicted octanol–water partition coefficient (Wildman–Crippen LogP) is 4.02. The summed E-state index contributed by atoms with van der Waals surface area (Å²) in [6.07, 6.45) is 0. The van der Waals surface area contributed by atoms with Crippen LogP contribution in [0.2, 0.25) is 0 Å². The minimum atomic E-state index is -0.445. The number of halogens is 2. The number of fused-ring (bicyclic) bond motifs is 2. The normalized spacial score (nSPS) is 13.7. The minimum absolute atomic E-state index is 0.275. The first-order valence-corrected chi connectivity index (χ1v) is 8.56. The molecule has 8 heteroatoms. The smallest absolute Gasteiger partial charge is 0.259 e. The maximum atomic E-state index is 11.8. The Morgan fingerprint density at radius 3 is 2.41 bits per heavy atom. The molecule has 1 aliphatic rings. The molecule has 2 aromatic heterocycles. The van der Waals surface area contributed by atoms with Crippen molar-refractivity contribution < 1.29 is 14.8 Å². The van der Waals surface area contributed by atoms with Crippen LogP contribution in [0.5, 0.6) is 0 Å². The van der Waals surface area contributed by atoms with Gasteiger partial charge in [0.15, 0.2) is 0 Å². The zero-order valence-corrected chi connectivity index (χ0v) is 14.7. The molecular formula is C14H6Br2N2O3S. The van der Waals surface area contributed by atoms with E-state index in [-0.39, 0.29) is 5.56 Å². The van der Waals surface area contributed by atoms with E-state index < -0.39 is 11.8 Å². The largest absolute Gasteiger partial charge is 0.428 e. The number of rotatable bonds is 1. The van der Waals surface area contributed by atoms with Crippen molar-refractivity contribution in [3.8, 4) is 10.6 Å². The van der Waals surface area contributed by atoms with Crippen LogP contribution in [0.25, 0.3) is 21.5 Å². The molecule has 22 heavy (non-hydrogen) atoms. The monoisotopic (exact) mass is 440 g/mol. The van der Waals surface area contributed by atoms with Gasteiger partial charge in [-0.3, -0.25) is 14.9 Å². The van der Waals surface area contributed by atoms with Gasteiger partial charge in [-0.2, -0.15) is 4.73 Å². The fourth-order valence-corrected chi connectivity index (χ4v) is 4.80. The van der Waals surface area contributed by atoms with Gasteiger partial charge in [0.05, 0.1) is 29.8 Å². The summed E-state index contributed by atoms with van der Waals surface area (Å²) in [4.78, 5) is 24.4. The number of thiophene rings is 1. The molecule has 3 aromatic rings. The summed E-state index contributed by atoms with van der Waals surface area (Å²) >= 11 is 8.36. The first kappa shape index (κ1) is 14.0. The van der Waals surface area contributed by atoms with Crippen molar-refractivity contribution in [3.05, 3.63) is 43.7 Å². The van der Waals surface area contributed by atoms with Crippen molar-refractivity contribution in [2.24, 2.45) is 0 Å². The summed E-state index contributed by atoms with van der Waals surface area (Å²) < 4.78 is 2.65. The Balaban J connectivity index is 2.06. The van der Waals surface area contributed by atoms with Gasteiger partial charge < -0.3 is 5.21 Å². The molecule has 0 saturated heterocycles. The predicted molar refractivity (Wildman–Crippen MR) is 89.6 cm³/mol. The highest BCUT2D eigenvalue weighted by molar-refractivity contribution is 9.11. The lowest BCUT2D eigenvalue weighted by Crippen LogP contribution is -2.19. The lowest BCUT2D eigenvalue weighted by atomic mass is 10.1. The summed E-state index contributed by atoms with van der Waals surface area (Å²) in [5.74, 6) is -0.862.